The number of carbonyl (C=O) groups excluding carboxylic acids is 2. The second kappa shape index (κ2) is 16.7. The average Bonchev–Trinajstić information content (AvgIpc) is 2.85. The molecule has 3 amide bonds. The number of aryl methyl sites for hydroxylation is 1. The van der Waals surface area contributed by atoms with E-state index in [1.54, 1.807) is 17.0 Å². The van der Waals surface area contributed by atoms with Crippen LogP contribution in [0.5, 0.6) is 0 Å². The number of nitrogens with zero attached hydrogens (tertiary/aromatic N) is 1. The van der Waals surface area contributed by atoms with E-state index in [1.165, 1.54) is 57.1 Å². The number of carbonyl (C=O) groups is 2. The Morgan fingerprint density at radius 1 is 0.800 bits per heavy atom. The van der Waals surface area contributed by atoms with Crippen LogP contribution >= 0.6 is 0 Å². The molecule has 0 spiro atoms. The Morgan fingerprint density at radius 2 is 1.40 bits per heavy atom. The van der Waals surface area contributed by atoms with Gasteiger partial charge in [0.15, 0.2) is 0 Å². The van der Waals surface area contributed by atoms with Crippen molar-refractivity contribution in [1.82, 2.24) is 5.32 Å². The molecule has 0 saturated carbocycles. The third-order valence-electron chi connectivity index (χ3n) is 6.07. The van der Waals surface area contributed by atoms with Gasteiger partial charge >= 0.3 is 6.03 Å². The Balaban J connectivity index is 1.71. The molecule has 2 aromatic carbocycles. The summed E-state index contributed by atoms with van der Waals surface area (Å²) >= 11 is 0. The molecule has 0 aliphatic heterocycles. The number of benzene rings is 2. The summed E-state index contributed by atoms with van der Waals surface area (Å²) in [4.78, 5) is 26.7. The quantitative estimate of drug-likeness (QED) is 0.242. The summed E-state index contributed by atoms with van der Waals surface area (Å²) in [5.74, 6) is -0.290. The first-order chi connectivity index (χ1) is 17.0. The lowest BCUT2D eigenvalue weighted by Crippen LogP contribution is -2.37. The summed E-state index contributed by atoms with van der Waals surface area (Å²) in [6, 6.07) is 13.1. The molecule has 0 unspecified atom stereocenters. The van der Waals surface area contributed by atoms with Crippen LogP contribution in [0.1, 0.15) is 83.1 Å². The van der Waals surface area contributed by atoms with Crippen LogP contribution in [0, 0.1) is 12.7 Å². The van der Waals surface area contributed by atoms with Gasteiger partial charge in [0.1, 0.15) is 5.82 Å². The maximum Gasteiger partial charge on any atom is 0.326 e. The summed E-state index contributed by atoms with van der Waals surface area (Å²) < 4.78 is 13.4. The Kier molecular flexibility index (Phi) is 13.5. The van der Waals surface area contributed by atoms with Gasteiger partial charge in [0.2, 0.25) is 5.91 Å². The van der Waals surface area contributed by atoms with Crippen LogP contribution in [0.15, 0.2) is 48.5 Å². The highest BCUT2D eigenvalue weighted by molar-refractivity contribution is 6.01. The molecule has 0 bridgehead atoms. The van der Waals surface area contributed by atoms with Crippen molar-refractivity contribution in [2.45, 2.75) is 84.5 Å². The number of nitrogens with one attached hydrogen (secondary N) is 2. The molecule has 0 aliphatic rings. The molecule has 0 aliphatic carbocycles. The minimum absolute atomic E-state index is 0.0605. The molecule has 0 aromatic heterocycles. The van der Waals surface area contributed by atoms with Crippen LogP contribution in [-0.4, -0.2) is 25.0 Å². The number of hydrogen-bond acceptors (Lipinski definition) is 2. The molecule has 192 valence electrons. The lowest BCUT2D eigenvalue weighted by atomic mass is 10.1. The van der Waals surface area contributed by atoms with Crippen molar-refractivity contribution in [3.63, 3.8) is 0 Å². The van der Waals surface area contributed by atoms with Crippen LogP contribution in [0.2, 0.25) is 0 Å². The predicted octanol–water partition coefficient (Wildman–Crippen LogP) is 7.60. The van der Waals surface area contributed by atoms with E-state index in [4.69, 9.17) is 0 Å². The third kappa shape index (κ3) is 11.9. The zero-order valence-corrected chi connectivity index (χ0v) is 21.5. The van der Waals surface area contributed by atoms with E-state index in [-0.39, 0.29) is 17.8 Å². The Morgan fingerprint density at radius 3 is 2.03 bits per heavy atom. The first-order valence-corrected chi connectivity index (χ1v) is 13.2. The van der Waals surface area contributed by atoms with E-state index in [0.717, 1.165) is 18.4 Å². The number of hydrogen-bond donors (Lipinski definition) is 2. The van der Waals surface area contributed by atoms with E-state index in [1.807, 2.05) is 31.2 Å². The van der Waals surface area contributed by atoms with Crippen LogP contribution in [-0.2, 0) is 4.79 Å². The summed E-state index contributed by atoms with van der Waals surface area (Å²) in [5.41, 5.74) is 2.41. The first kappa shape index (κ1) is 28.3. The molecule has 0 atom stereocenters. The van der Waals surface area contributed by atoms with E-state index < -0.39 is 0 Å². The number of urea groups is 1. The Labute approximate surface area is 210 Å². The fourth-order valence-corrected chi connectivity index (χ4v) is 3.95. The maximum atomic E-state index is 13.4. The van der Waals surface area contributed by atoms with Crippen molar-refractivity contribution in [3.05, 3.63) is 59.9 Å². The predicted molar refractivity (Wildman–Crippen MR) is 143 cm³/mol. The second-order valence-electron chi connectivity index (χ2n) is 9.21. The molecular weight excluding hydrogens is 441 g/mol. The first-order valence-electron chi connectivity index (χ1n) is 13.2. The van der Waals surface area contributed by atoms with Gasteiger partial charge in [-0.3, -0.25) is 9.69 Å². The highest BCUT2D eigenvalue weighted by Crippen LogP contribution is 2.18. The summed E-state index contributed by atoms with van der Waals surface area (Å²) in [6.07, 6.45) is 12.2. The van der Waals surface area contributed by atoms with Gasteiger partial charge in [0.25, 0.3) is 0 Å². The lowest BCUT2D eigenvalue weighted by molar-refractivity contribution is -0.121. The van der Waals surface area contributed by atoms with E-state index in [9.17, 15) is 14.0 Å². The van der Waals surface area contributed by atoms with Gasteiger partial charge in [-0.1, -0.05) is 76.0 Å². The van der Waals surface area contributed by atoms with Crippen LogP contribution < -0.4 is 15.5 Å². The molecule has 0 saturated heterocycles. The molecule has 35 heavy (non-hydrogen) atoms. The number of amides is 3. The topological polar surface area (TPSA) is 61.4 Å². The number of anilines is 2. The third-order valence-corrected chi connectivity index (χ3v) is 6.07. The van der Waals surface area contributed by atoms with Crippen molar-refractivity contribution < 1.29 is 14.0 Å². The fourth-order valence-electron chi connectivity index (χ4n) is 3.95. The van der Waals surface area contributed by atoms with Gasteiger partial charge in [0, 0.05) is 30.9 Å². The van der Waals surface area contributed by atoms with Crippen molar-refractivity contribution in [2.75, 3.05) is 23.3 Å². The molecule has 0 radical (unpaired) electrons. The zero-order chi connectivity index (χ0) is 25.3. The van der Waals surface area contributed by atoms with Crippen molar-refractivity contribution in [3.8, 4) is 0 Å². The lowest BCUT2D eigenvalue weighted by Gasteiger charge is -2.23. The summed E-state index contributed by atoms with van der Waals surface area (Å²) in [5, 5.41) is 5.86. The van der Waals surface area contributed by atoms with Crippen molar-refractivity contribution in [1.29, 1.82) is 0 Å². The zero-order valence-electron chi connectivity index (χ0n) is 21.5. The summed E-state index contributed by atoms with van der Waals surface area (Å²) in [7, 11) is 0. The van der Waals surface area contributed by atoms with Gasteiger partial charge in [-0.2, -0.15) is 0 Å². The van der Waals surface area contributed by atoms with Gasteiger partial charge < -0.3 is 10.6 Å². The van der Waals surface area contributed by atoms with Crippen LogP contribution in [0.25, 0.3) is 0 Å². The van der Waals surface area contributed by atoms with Crippen LogP contribution in [0.4, 0.5) is 20.6 Å². The van der Waals surface area contributed by atoms with E-state index >= 15 is 0 Å². The fraction of sp³-hybridized carbons (Fsp3) is 0.517. The highest BCUT2D eigenvalue weighted by atomic mass is 19.1. The smallest absolute Gasteiger partial charge is 0.326 e. The maximum absolute atomic E-state index is 13.4. The monoisotopic (exact) mass is 483 g/mol. The Hall–Kier alpha value is -2.89. The molecule has 5 nitrogen and oxygen atoms in total. The second-order valence-corrected chi connectivity index (χ2v) is 9.21. The van der Waals surface area contributed by atoms with E-state index in [2.05, 4.69) is 17.6 Å². The standard InChI is InChI=1S/C29H42FN3O2/c1-3-4-5-6-7-8-9-10-11-13-28(34)31-22-12-23-33(27-20-16-25(30)17-21-27)29(35)32-26-18-14-24(2)15-19-26/h14-21H,3-13,22-23H2,1-2H3,(H,31,34)(H,32,35). The molecular formula is C29H42FN3O2. The normalized spacial score (nSPS) is 10.7. The molecule has 0 fully saturated rings. The van der Waals surface area contributed by atoms with Gasteiger partial charge in [-0.15, -0.1) is 0 Å². The number of unbranched alkanes of at least 4 members (excludes halogenated alkanes) is 8. The molecule has 2 rings (SSSR count). The van der Waals surface area contributed by atoms with Crippen molar-refractivity contribution in [2.24, 2.45) is 0 Å². The van der Waals surface area contributed by atoms with Gasteiger partial charge in [-0.05, 0) is 56.2 Å². The number of rotatable bonds is 16. The Bertz CT molecular complexity index is 869. The highest BCUT2D eigenvalue weighted by Gasteiger charge is 2.16. The summed E-state index contributed by atoms with van der Waals surface area (Å²) in [6.45, 7) is 5.11. The molecule has 0 heterocycles. The molecule has 2 N–H and O–H groups in total. The van der Waals surface area contributed by atoms with Crippen molar-refractivity contribution >= 4 is 23.3 Å². The van der Waals surface area contributed by atoms with Gasteiger partial charge in [-0.25, -0.2) is 9.18 Å². The minimum Gasteiger partial charge on any atom is -0.356 e. The largest absolute Gasteiger partial charge is 0.356 e. The molecule has 6 heteroatoms. The van der Waals surface area contributed by atoms with E-state index in [0.29, 0.717) is 37.3 Å². The molecule has 2 aromatic rings. The van der Waals surface area contributed by atoms with Gasteiger partial charge in [0.05, 0.1) is 0 Å². The number of halogens is 1. The minimum atomic E-state index is -0.351. The average molecular weight is 484 g/mol. The van der Waals surface area contributed by atoms with Crippen LogP contribution in [0.3, 0.4) is 0 Å². The SMILES string of the molecule is CCCCCCCCCCCC(=O)NCCCN(C(=O)Nc1ccc(C)cc1)c1ccc(F)cc1.